The first kappa shape index (κ1) is 11.8. The van der Waals surface area contributed by atoms with Gasteiger partial charge in [0, 0.05) is 0 Å². The summed E-state index contributed by atoms with van der Waals surface area (Å²) in [4.78, 5) is 10.7. The molecular weight excluding hydrogens is 172 g/mol. The van der Waals surface area contributed by atoms with Crippen molar-refractivity contribution in [2.45, 2.75) is 38.4 Å². The van der Waals surface area contributed by atoms with Crippen LogP contribution in [0.1, 0.15) is 33.1 Å². The summed E-state index contributed by atoms with van der Waals surface area (Å²) in [5, 5.41) is 8.60. The number of carboxylic acid groups (broad SMARTS) is 1. The summed E-state index contributed by atoms with van der Waals surface area (Å²) >= 11 is 1.44. The number of hydrogen-bond donors (Lipinski definition) is 1. The quantitative estimate of drug-likeness (QED) is 0.699. The molecule has 0 amide bonds. The van der Waals surface area contributed by atoms with Crippen LogP contribution in [0.5, 0.6) is 0 Å². The van der Waals surface area contributed by atoms with Crippen molar-refractivity contribution in [2.24, 2.45) is 5.92 Å². The van der Waals surface area contributed by atoms with E-state index in [9.17, 15) is 4.79 Å². The van der Waals surface area contributed by atoms with Gasteiger partial charge in [-0.2, -0.15) is 0 Å². The predicted octanol–water partition coefficient (Wildman–Crippen LogP) is 2.63. The van der Waals surface area contributed by atoms with Crippen molar-refractivity contribution in [2.75, 3.05) is 6.26 Å². The van der Waals surface area contributed by atoms with Crippen LogP contribution in [0.4, 0.5) is 0 Å². The zero-order valence-electron chi connectivity index (χ0n) is 8.04. The number of rotatable bonds is 6. The molecule has 0 saturated heterocycles. The highest BCUT2D eigenvalue weighted by molar-refractivity contribution is 7.99. The molecule has 0 aliphatic rings. The molecule has 0 fully saturated rings. The van der Waals surface area contributed by atoms with Crippen LogP contribution >= 0.6 is 11.8 Å². The molecule has 2 unspecified atom stereocenters. The zero-order valence-corrected chi connectivity index (χ0v) is 8.86. The predicted molar refractivity (Wildman–Crippen MR) is 53.6 cm³/mol. The molecule has 72 valence electrons. The molecule has 0 bridgehead atoms. The van der Waals surface area contributed by atoms with Crippen LogP contribution in [0, 0.1) is 5.92 Å². The van der Waals surface area contributed by atoms with E-state index in [0.717, 1.165) is 19.3 Å². The van der Waals surface area contributed by atoms with E-state index < -0.39 is 5.97 Å². The summed E-state index contributed by atoms with van der Waals surface area (Å²) in [5.41, 5.74) is 0. The Labute approximate surface area is 78.7 Å². The van der Waals surface area contributed by atoms with Gasteiger partial charge in [-0.15, -0.1) is 11.8 Å². The maximum Gasteiger partial charge on any atom is 0.316 e. The molecule has 2 atom stereocenters. The van der Waals surface area contributed by atoms with Crippen LogP contribution in [0.2, 0.25) is 0 Å². The minimum Gasteiger partial charge on any atom is -0.480 e. The molecule has 0 aliphatic carbocycles. The Morgan fingerprint density at radius 1 is 1.58 bits per heavy atom. The molecule has 0 aromatic heterocycles. The molecule has 0 aromatic rings. The molecular formula is C9H18O2S. The highest BCUT2D eigenvalue weighted by Crippen LogP contribution is 2.21. The van der Waals surface area contributed by atoms with E-state index in [1.165, 1.54) is 11.8 Å². The van der Waals surface area contributed by atoms with Gasteiger partial charge in [-0.05, 0) is 18.6 Å². The van der Waals surface area contributed by atoms with Gasteiger partial charge in [-0.25, -0.2) is 0 Å². The number of carboxylic acids is 1. The molecule has 1 N–H and O–H groups in total. The Kier molecular flexibility index (Phi) is 6.25. The highest BCUT2D eigenvalue weighted by Gasteiger charge is 2.22. The van der Waals surface area contributed by atoms with E-state index in [4.69, 9.17) is 5.11 Å². The SMILES string of the molecule is CCCCC(C)C(SC)C(=O)O. The number of unbranched alkanes of at least 4 members (excludes halogenated alkanes) is 1. The summed E-state index contributed by atoms with van der Waals surface area (Å²) in [6.45, 7) is 4.15. The highest BCUT2D eigenvalue weighted by atomic mass is 32.2. The summed E-state index contributed by atoms with van der Waals surface area (Å²) in [6, 6.07) is 0. The van der Waals surface area contributed by atoms with Crippen molar-refractivity contribution in [1.29, 1.82) is 0 Å². The van der Waals surface area contributed by atoms with Gasteiger partial charge in [0.2, 0.25) is 0 Å². The van der Waals surface area contributed by atoms with E-state index in [2.05, 4.69) is 6.92 Å². The average Bonchev–Trinajstić information content (AvgIpc) is 2.01. The van der Waals surface area contributed by atoms with E-state index >= 15 is 0 Å². The van der Waals surface area contributed by atoms with E-state index in [1.807, 2.05) is 13.2 Å². The fourth-order valence-corrected chi connectivity index (χ4v) is 2.06. The minimum atomic E-state index is -0.675. The molecule has 0 rings (SSSR count). The third-order valence-corrected chi connectivity index (χ3v) is 3.20. The number of thioether (sulfide) groups is 1. The Hall–Kier alpha value is -0.180. The molecule has 12 heavy (non-hydrogen) atoms. The van der Waals surface area contributed by atoms with Crippen LogP contribution in [0.3, 0.4) is 0 Å². The Morgan fingerprint density at radius 2 is 2.17 bits per heavy atom. The largest absolute Gasteiger partial charge is 0.480 e. The lowest BCUT2D eigenvalue weighted by atomic mass is 10.0. The summed E-state index contributed by atoms with van der Waals surface area (Å²) in [7, 11) is 0. The molecule has 0 saturated carbocycles. The van der Waals surface area contributed by atoms with E-state index in [0.29, 0.717) is 0 Å². The smallest absolute Gasteiger partial charge is 0.316 e. The fraction of sp³-hybridized carbons (Fsp3) is 0.889. The van der Waals surface area contributed by atoms with Gasteiger partial charge in [0.05, 0.1) is 0 Å². The second kappa shape index (κ2) is 6.35. The Morgan fingerprint density at radius 3 is 2.50 bits per heavy atom. The van der Waals surface area contributed by atoms with Crippen molar-refractivity contribution in [3.63, 3.8) is 0 Å². The van der Waals surface area contributed by atoms with Crippen LogP contribution in [-0.2, 0) is 4.79 Å². The van der Waals surface area contributed by atoms with Crippen molar-refractivity contribution in [3.8, 4) is 0 Å². The number of aliphatic carboxylic acids is 1. The van der Waals surface area contributed by atoms with Crippen LogP contribution < -0.4 is 0 Å². The first-order valence-corrected chi connectivity index (χ1v) is 5.67. The zero-order chi connectivity index (χ0) is 9.56. The standard InChI is InChI=1S/C9H18O2S/c1-4-5-6-7(2)8(12-3)9(10)11/h7-8H,4-6H2,1-3H3,(H,10,11). The van der Waals surface area contributed by atoms with Gasteiger partial charge >= 0.3 is 5.97 Å². The molecule has 2 nitrogen and oxygen atoms in total. The van der Waals surface area contributed by atoms with Gasteiger partial charge in [0.25, 0.3) is 0 Å². The number of carbonyl (C=O) groups is 1. The van der Waals surface area contributed by atoms with Crippen LogP contribution in [0.25, 0.3) is 0 Å². The molecule has 0 heterocycles. The topological polar surface area (TPSA) is 37.3 Å². The summed E-state index contributed by atoms with van der Waals surface area (Å²) < 4.78 is 0. The lowest BCUT2D eigenvalue weighted by Gasteiger charge is -2.17. The maximum absolute atomic E-state index is 10.7. The molecule has 3 heteroatoms. The molecule has 0 aliphatic heterocycles. The monoisotopic (exact) mass is 190 g/mol. The molecule has 0 radical (unpaired) electrons. The van der Waals surface area contributed by atoms with Crippen LogP contribution in [-0.4, -0.2) is 22.6 Å². The van der Waals surface area contributed by atoms with Gasteiger partial charge < -0.3 is 5.11 Å². The fourth-order valence-electron chi connectivity index (χ4n) is 1.25. The van der Waals surface area contributed by atoms with Gasteiger partial charge in [0.15, 0.2) is 0 Å². The van der Waals surface area contributed by atoms with Gasteiger partial charge in [-0.3, -0.25) is 4.79 Å². The van der Waals surface area contributed by atoms with Gasteiger partial charge in [0.1, 0.15) is 5.25 Å². The van der Waals surface area contributed by atoms with Crippen molar-refractivity contribution in [3.05, 3.63) is 0 Å². The second-order valence-electron chi connectivity index (χ2n) is 3.11. The molecule has 0 aromatic carbocycles. The van der Waals surface area contributed by atoms with Crippen LogP contribution in [0.15, 0.2) is 0 Å². The Bertz CT molecular complexity index is 136. The average molecular weight is 190 g/mol. The first-order valence-electron chi connectivity index (χ1n) is 4.39. The summed E-state index contributed by atoms with van der Waals surface area (Å²) in [5.74, 6) is -0.386. The maximum atomic E-state index is 10.7. The van der Waals surface area contributed by atoms with Crippen molar-refractivity contribution in [1.82, 2.24) is 0 Å². The second-order valence-corrected chi connectivity index (χ2v) is 4.09. The van der Waals surface area contributed by atoms with Gasteiger partial charge in [-0.1, -0.05) is 26.7 Å². The lowest BCUT2D eigenvalue weighted by Crippen LogP contribution is -2.24. The van der Waals surface area contributed by atoms with E-state index in [-0.39, 0.29) is 11.2 Å². The minimum absolute atomic E-state index is 0.225. The third-order valence-electron chi connectivity index (χ3n) is 2.03. The van der Waals surface area contributed by atoms with Crippen molar-refractivity contribution < 1.29 is 9.90 Å². The van der Waals surface area contributed by atoms with Crippen molar-refractivity contribution >= 4 is 17.7 Å². The number of hydrogen-bond acceptors (Lipinski definition) is 2. The van der Waals surface area contributed by atoms with E-state index in [1.54, 1.807) is 0 Å². The first-order chi connectivity index (χ1) is 5.63. The normalized spacial score (nSPS) is 15.6. The Balaban J connectivity index is 3.85. The third kappa shape index (κ3) is 4.00. The lowest BCUT2D eigenvalue weighted by molar-refractivity contribution is -0.137. The summed E-state index contributed by atoms with van der Waals surface area (Å²) in [6.07, 6.45) is 5.16. The molecule has 0 spiro atoms.